The number of aliphatic hydroxyl groups excluding tert-OH is 4. The maximum Gasteiger partial charge on any atom is 0.524 e. The number of nitrogens with one attached hydrogen (secondary N) is 3. The molecule has 244 valence electrons. The van der Waals surface area contributed by atoms with Crippen LogP contribution in [0.1, 0.15) is 36.3 Å². The van der Waals surface area contributed by atoms with Crippen molar-refractivity contribution < 1.29 is 57.3 Å². The Kier molecular flexibility index (Phi) is 24.4. The lowest BCUT2D eigenvalue weighted by Gasteiger charge is -2.14. The predicted molar refractivity (Wildman–Crippen MR) is 156 cm³/mol. The number of amides is 1. The van der Waals surface area contributed by atoms with Crippen LogP contribution in [0, 0.1) is 6.92 Å². The molecule has 0 saturated carbocycles. The zero-order chi connectivity index (χ0) is 30.8. The van der Waals surface area contributed by atoms with Crippen molar-refractivity contribution in [3.05, 3.63) is 58.1 Å². The quantitative estimate of drug-likeness (QED) is 0.121. The highest BCUT2D eigenvalue weighted by Crippen LogP contribution is 2.40. The molecule has 2 aromatic rings. The van der Waals surface area contributed by atoms with Gasteiger partial charge in [-0.25, -0.2) is 4.57 Å². The van der Waals surface area contributed by atoms with Gasteiger partial charge in [-0.15, -0.1) is 0 Å². The zero-order valence-corrected chi connectivity index (χ0v) is 23.1. The minimum Gasteiger partial charge on any atom is -0.403 e. The van der Waals surface area contributed by atoms with Crippen molar-refractivity contribution in [1.29, 1.82) is 0 Å². The fourth-order valence-corrected chi connectivity index (χ4v) is 3.26. The molecule has 42 heavy (non-hydrogen) atoms. The third-order valence-corrected chi connectivity index (χ3v) is 4.89. The molecule has 0 atom stereocenters. The lowest BCUT2D eigenvalue weighted by molar-refractivity contribution is -0.137. The third-order valence-electron chi connectivity index (χ3n) is 4.22. The molecule has 12 nitrogen and oxygen atoms in total. The number of anilines is 1. The number of hydrogen-bond acceptors (Lipinski definition) is 9. The molecule has 9 N–H and O–H groups in total. The van der Waals surface area contributed by atoms with Crippen LogP contribution in [-0.2, 0) is 10.7 Å². The molecule has 17 heteroatoms. The van der Waals surface area contributed by atoms with E-state index in [-0.39, 0.29) is 63.1 Å². The number of aryl methyl sites for hydroxylation is 1. The Morgan fingerprint density at radius 1 is 0.881 bits per heavy atom. The topological polar surface area (TPSA) is 201 Å². The van der Waals surface area contributed by atoms with Crippen molar-refractivity contribution >= 4 is 31.0 Å². The summed E-state index contributed by atoms with van der Waals surface area (Å²) in [5.74, 6) is -1.42. The molecule has 0 aliphatic heterocycles. The molecule has 0 unspecified atom stereocenters. The van der Waals surface area contributed by atoms with Gasteiger partial charge in [0, 0.05) is 36.9 Å². The van der Waals surface area contributed by atoms with Gasteiger partial charge in [0.2, 0.25) is 0 Å². The molecular formula is C25H42ClF3N3O9P. The van der Waals surface area contributed by atoms with Crippen LogP contribution in [0.15, 0.2) is 36.4 Å². The maximum absolute atomic E-state index is 12.9. The van der Waals surface area contributed by atoms with Crippen LogP contribution in [-0.4, -0.2) is 88.7 Å². The molecule has 0 bridgehead atoms. The van der Waals surface area contributed by atoms with E-state index in [0.717, 1.165) is 24.3 Å². The summed E-state index contributed by atoms with van der Waals surface area (Å²) in [6.45, 7) is 4.26. The van der Waals surface area contributed by atoms with Gasteiger partial charge in [0.15, 0.2) is 0 Å². The molecule has 1 amide bonds. The lowest BCUT2D eigenvalue weighted by atomic mass is 10.1. The highest BCUT2D eigenvalue weighted by molar-refractivity contribution is 7.46. The molecule has 0 aliphatic rings. The minimum absolute atomic E-state index is 0. The van der Waals surface area contributed by atoms with Gasteiger partial charge >= 0.3 is 14.0 Å². The van der Waals surface area contributed by atoms with Crippen LogP contribution in [0.4, 0.5) is 18.9 Å². The first kappa shape index (κ1) is 44.1. The van der Waals surface area contributed by atoms with E-state index in [1.54, 1.807) is 0 Å². The van der Waals surface area contributed by atoms with Gasteiger partial charge in [-0.3, -0.25) is 14.6 Å². The highest BCUT2D eigenvalue weighted by Gasteiger charge is 2.31. The number of alkyl halides is 3. The molecule has 0 aromatic heterocycles. The molecule has 2 aromatic carbocycles. The number of carbonyl (C=O) groups is 1. The van der Waals surface area contributed by atoms with E-state index in [1.807, 2.05) is 0 Å². The van der Waals surface area contributed by atoms with Gasteiger partial charge in [-0.05, 0) is 48.9 Å². The van der Waals surface area contributed by atoms with E-state index < -0.39 is 31.2 Å². The lowest BCUT2D eigenvalue weighted by Crippen LogP contribution is -2.21. The first-order valence-corrected chi connectivity index (χ1v) is 13.5. The average Bonchev–Trinajstić information content (AvgIpc) is 2.85. The SMILES string of the molecule is C.C.Cc1cc(NC(=O)c2cc(Cl)ccc2OP(=O)(O)O)cc(C(F)(F)F)c1.OCCNCCO.OCCNCCO. The van der Waals surface area contributed by atoms with Gasteiger partial charge in [0.1, 0.15) is 5.75 Å². The Morgan fingerprint density at radius 2 is 1.36 bits per heavy atom. The fourth-order valence-electron chi connectivity index (χ4n) is 2.67. The zero-order valence-electron chi connectivity index (χ0n) is 21.5. The van der Waals surface area contributed by atoms with Crippen molar-refractivity contribution in [3.8, 4) is 5.75 Å². The number of halogens is 4. The highest BCUT2D eigenvalue weighted by atomic mass is 35.5. The number of hydrogen-bond donors (Lipinski definition) is 9. The summed E-state index contributed by atoms with van der Waals surface area (Å²) in [5, 5.41) is 40.5. The number of phosphoric ester groups is 1. The number of benzene rings is 2. The minimum atomic E-state index is -4.96. The summed E-state index contributed by atoms with van der Waals surface area (Å²) in [7, 11) is -4.96. The average molecular weight is 652 g/mol. The second-order valence-electron chi connectivity index (χ2n) is 7.66. The number of rotatable bonds is 12. The summed E-state index contributed by atoms with van der Waals surface area (Å²) in [6.07, 6.45) is -4.60. The van der Waals surface area contributed by atoms with Gasteiger partial charge in [0.25, 0.3) is 5.91 Å². The molecule has 0 fully saturated rings. The predicted octanol–water partition coefficient (Wildman–Crippen LogP) is 2.78. The Hall–Kier alpha value is -2.30. The van der Waals surface area contributed by atoms with Crippen molar-refractivity contribution in [1.82, 2.24) is 10.6 Å². The van der Waals surface area contributed by atoms with E-state index in [0.29, 0.717) is 26.2 Å². The normalized spacial score (nSPS) is 10.5. The van der Waals surface area contributed by atoms with E-state index in [2.05, 4.69) is 20.5 Å². The molecule has 0 saturated heterocycles. The van der Waals surface area contributed by atoms with Crippen LogP contribution < -0.4 is 20.5 Å². The van der Waals surface area contributed by atoms with Crippen LogP contribution in [0.2, 0.25) is 5.02 Å². The van der Waals surface area contributed by atoms with Gasteiger partial charge in [-0.1, -0.05) is 26.5 Å². The fraction of sp³-hybridized carbons (Fsp3) is 0.480. The van der Waals surface area contributed by atoms with Crippen molar-refractivity contribution in [2.45, 2.75) is 28.0 Å². The number of carbonyl (C=O) groups excluding carboxylic acids is 1. The van der Waals surface area contributed by atoms with Gasteiger partial charge < -0.3 is 40.9 Å². The van der Waals surface area contributed by atoms with Crippen LogP contribution >= 0.6 is 19.4 Å². The van der Waals surface area contributed by atoms with Crippen molar-refractivity contribution in [2.24, 2.45) is 0 Å². The molecule has 2 rings (SSSR count). The number of aliphatic hydroxyl groups is 4. The Morgan fingerprint density at radius 3 is 1.76 bits per heavy atom. The summed E-state index contributed by atoms with van der Waals surface area (Å²) >= 11 is 5.77. The third kappa shape index (κ3) is 20.6. The van der Waals surface area contributed by atoms with Crippen LogP contribution in [0.25, 0.3) is 0 Å². The second kappa shape index (κ2) is 23.2. The molecule has 0 spiro atoms. The summed E-state index contributed by atoms with van der Waals surface area (Å²) in [6, 6.07) is 6.32. The molecule has 0 radical (unpaired) electrons. The molecule has 0 aliphatic carbocycles. The van der Waals surface area contributed by atoms with E-state index in [9.17, 15) is 22.5 Å². The first-order valence-electron chi connectivity index (χ1n) is 11.6. The molecule has 0 heterocycles. The largest absolute Gasteiger partial charge is 0.524 e. The standard InChI is InChI=1S/C15H12ClF3NO5P.2C4H11NO2.2CH4/c1-8-4-9(15(17,18)19)6-11(5-8)20-14(21)12-7-10(16)2-3-13(12)25-26(22,23)24;2*6-3-1-5-2-4-7;;/h2-7H,1H3,(H,20,21)(H2,22,23,24);2*5-7H,1-4H2;2*1H4. The smallest absolute Gasteiger partial charge is 0.403 e. The van der Waals surface area contributed by atoms with Crippen molar-refractivity contribution in [3.63, 3.8) is 0 Å². The Balaban J connectivity index is -0.000000792. The Bertz CT molecular complexity index is 1060. The summed E-state index contributed by atoms with van der Waals surface area (Å²) in [5.41, 5.74) is -1.20. The summed E-state index contributed by atoms with van der Waals surface area (Å²) in [4.78, 5) is 30.2. The van der Waals surface area contributed by atoms with Gasteiger partial charge in [-0.2, -0.15) is 13.2 Å². The van der Waals surface area contributed by atoms with Crippen LogP contribution in [0.3, 0.4) is 0 Å². The monoisotopic (exact) mass is 651 g/mol. The van der Waals surface area contributed by atoms with E-state index >= 15 is 0 Å². The second-order valence-corrected chi connectivity index (χ2v) is 9.26. The van der Waals surface area contributed by atoms with Gasteiger partial charge in [0.05, 0.1) is 37.6 Å². The maximum atomic E-state index is 12.9. The number of phosphoric acid groups is 1. The first-order chi connectivity index (χ1) is 18.7. The Labute approximate surface area is 248 Å². The summed E-state index contributed by atoms with van der Waals surface area (Å²) < 4.78 is 54.0. The van der Waals surface area contributed by atoms with E-state index in [1.165, 1.54) is 19.1 Å². The van der Waals surface area contributed by atoms with Crippen LogP contribution in [0.5, 0.6) is 5.75 Å². The van der Waals surface area contributed by atoms with E-state index in [4.69, 9.17) is 41.8 Å². The molecular weight excluding hydrogens is 610 g/mol. The van der Waals surface area contributed by atoms with Crippen molar-refractivity contribution in [2.75, 3.05) is 57.9 Å².